The number of Topliss-reactive ketones (excluding diaryl/α,β-unsaturated/α-hetero) is 1. The predicted molar refractivity (Wildman–Crippen MR) is 37.6 cm³/mol. The number of carbonyl (C=O) groups excluding carboxylic acids is 1. The van der Waals surface area contributed by atoms with E-state index in [-0.39, 0.29) is 12.6 Å². The van der Waals surface area contributed by atoms with Gasteiger partial charge in [0.1, 0.15) is 5.78 Å². The van der Waals surface area contributed by atoms with Crippen LogP contribution in [-0.4, -0.2) is 12.5 Å². The van der Waals surface area contributed by atoms with Crippen molar-refractivity contribution in [2.24, 2.45) is 5.92 Å². The van der Waals surface area contributed by atoms with Gasteiger partial charge in [-0.05, 0) is 25.7 Å². The summed E-state index contributed by atoms with van der Waals surface area (Å²) in [6.45, 7) is -0.274. The van der Waals surface area contributed by atoms with Crippen LogP contribution < -0.4 is 0 Å². The fourth-order valence-corrected chi connectivity index (χ4v) is 1.52. The first-order valence-corrected chi connectivity index (χ1v) is 3.93. The highest BCUT2D eigenvalue weighted by Gasteiger charge is 2.23. The standard InChI is InChI=1S/C8H13FO/c9-6-2-4-7-3-1-5-8(7)10/h7H,1-6H2. The Kier molecular flexibility index (Phi) is 2.84. The first-order chi connectivity index (χ1) is 4.84. The lowest BCUT2D eigenvalue weighted by atomic mass is 10.0. The summed E-state index contributed by atoms with van der Waals surface area (Å²) in [7, 11) is 0. The Morgan fingerprint density at radius 1 is 1.60 bits per heavy atom. The molecule has 0 aromatic heterocycles. The van der Waals surface area contributed by atoms with Gasteiger partial charge in [-0.1, -0.05) is 0 Å². The molecule has 1 fully saturated rings. The molecular weight excluding hydrogens is 131 g/mol. The normalized spacial score (nSPS) is 25.7. The molecule has 1 saturated carbocycles. The van der Waals surface area contributed by atoms with Crippen molar-refractivity contribution in [1.29, 1.82) is 0 Å². The number of ketones is 1. The van der Waals surface area contributed by atoms with Crippen LogP contribution in [0.3, 0.4) is 0 Å². The average molecular weight is 144 g/mol. The zero-order valence-electron chi connectivity index (χ0n) is 6.11. The van der Waals surface area contributed by atoms with Crippen LogP contribution in [0.5, 0.6) is 0 Å². The second-order valence-corrected chi connectivity index (χ2v) is 2.89. The molecule has 1 aliphatic carbocycles. The van der Waals surface area contributed by atoms with Crippen LogP contribution in [0.15, 0.2) is 0 Å². The molecule has 0 radical (unpaired) electrons. The summed E-state index contributed by atoms with van der Waals surface area (Å²) in [6, 6.07) is 0. The van der Waals surface area contributed by atoms with Gasteiger partial charge >= 0.3 is 0 Å². The van der Waals surface area contributed by atoms with Crippen LogP contribution in [-0.2, 0) is 4.79 Å². The molecule has 0 bridgehead atoms. The molecule has 1 unspecified atom stereocenters. The van der Waals surface area contributed by atoms with Crippen molar-refractivity contribution in [1.82, 2.24) is 0 Å². The molecule has 1 rings (SSSR count). The Hall–Kier alpha value is -0.400. The maximum atomic E-state index is 11.7. The third kappa shape index (κ3) is 1.79. The monoisotopic (exact) mass is 144 g/mol. The number of halogens is 1. The van der Waals surface area contributed by atoms with Gasteiger partial charge in [0, 0.05) is 12.3 Å². The number of carbonyl (C=O) groups is 1. The van der Waals surface area contributed by atoms with Gasteiger partial charge in [-0.3, -0.25) is 9.18 Å². The maximum absolute atomic E-state index is 11.7. The van der Waals surface area contributed by atoms with E-state index in [4.69, 9.17) is 0 Å². The first-order valence-electron chi connectivity index (χ1n) is 3.93. The second-order valence-electron chi connectivity index (χ2n) is 2.89. The molecule has 0 aromatic rings. The lowest BCUT2D eigenvalue weighted by Gasteiger charge is -2.03. The second kappa shape index (κ2) is 3.69. The maximum Gasteiger partial charge on any atom is 0.135 e. The average Bonchev–Trinajstić information content (AvgIpc) is 2.31. The predicted octanol–water partition coefficient (Wildman–Crippen LogP) is 2.11. The van der Waals surface area contributed by atoms with Crippen molar-refractivity contribution in [2.75, 3.05) is 6.67 Å². The van der Waals surface area contributed by atoms with Crippen LogP contribution in [0.4, 0.5) is 4.39 Å². The van der Waals surface area contributed by atoms with Gasteiger partial charge in [0.15, 0.2) is 0 Å². The molecule has 0 heterocycles. The minimum absolute atomic E-state index is 0.204. The van der Waals surface area contributed by atoms with E-state index in [0.29, 0.717) is 12.2 Å². The lowest BCUT2D eigenvalue weighted by Crippen LogP contribution is -2.05. The van der Waals surface area contributed by atoms with Crippen molar-refractivity contribution in [3.05, 3.63) is 0 Å². The minimum atomic E-state index is -0.274. The number of alkyl halides is 1. The summed E-state index contributed by atoms with van der Waals surface area (Å²) in [5, 5.41) is 0. The molecule has 0 spiro atoms. The highest BCUT2D eigenvalue weighted by Crippen LogP contribution is 2.25. The Bertz CT molecular complexity index is 122. The first kappa shape index (κ1) is 7.70. The topological polar surface area (TPSA) is 17.1 Å². The lowest BCUT2D eigenvalue weighted by molar-refractivity contribution is -0.120. The van der Waals surface area contributed by atoms with E-state index in [1.807, 2.05) is 0 Å². The van der Waals surface area contributed by atoms with Gasteiger partial charge in [0.05, 0.1) is 6.67 Å². The van der Waals surface area contributed by atoms with E-state index in [2.05, 4.69) is 0 Å². The van der Waals surface area contributed by atoms with E-state index in [1.54, 1.807) is 0 Å². The van der Waals surface area contributed by atoms with Gasteiger partial charge in [-0.25, -0.2) is 0 Å². The molecule has 58 valence electrons. The Morgan fingerprint density at radius 3 is 2.90 bits per heavy atom. The summed E-state index contributed by atoms with van der Waals surface area (Å²) in [5.74, 6) is 0.559. The summed E-state index contributed by atoms with van der Waals surface area (Å²) < 4.78 is 11.7. The zero-order valence-corrected chi connectivity index (χ0v) is 6.11. The van der Waals surface area contributed by atoms with Gasteiger partial charge in [-0.15, -0.1) is 0 Å². The zero-order chi connectivity index (χ0) is 7.40. The minimum Gasteiger partial charge on any atom is -0.299 e. The smallest absolute Gasteiger partial charge is 0.135 e. The molecule has 0 aromatic carbocycles. The van der Waals surface area contributed by atoms with Crippen LogP contribution in [0, 0.1) is 5.92 Å². The summed E-state index contributed by atoms with van der Waals surface area (Å²) in [6.07, 6.45) is 4.09. The third-order valence-electron chi connectivity index (χ3n) is 2.12. The summed E-state index contributed by atoms with van der Waals surface area (Å²) in [4.78, 5) is 11.0. The SMILES string of the molecule is O=C1CCCC1CCCF. The van der Waals surface area contributed by atoms with E-state index in [0.717, 1.165) is 25.7 Å². The van der Waals surface area contributed by atoms with E-state index < -0.39 is 0 Å². The number of rotatable bonds is 3. The Balaban J connectivity index is 2.20. The van der Waals surface area contributed by atoms with Crippen LogP contribution in [0.2, 0.25) is 0 Å². The summed E-state index contributed by atoms with van der Waals surface area (Å²) in [5.41, 5.74) is 0. The fraction of sp³-hybridized carbons (Fsp3) is 0.875. The van der Waals surface area contributed by atoms with Crippen LogP contribution in [0.1, 0.15) is 32.1 Å². The molecule has 10 heavy (non-hydrogen) atoms. The van der Waals surface area contributed by atoms with Gasteiger partial charge in [0.2, 0.25) is 0 Å². The largest absolute Gasteiger partial charge is 0.299 e. The van der Waals surface area contributed by atoms with Crippen LogP contribution >= 0.6 is 0 Å². The van der Waals surface area contributed by atoms with Gasteiger partial charge in [-0.2, -0.15) is 0 Å². The molecule has 1 aliphatic rings. The van der Waals surface area contributed by atoms with E-state index in [1.165, 1.54) is 0 Å². The van der Waals surface area contributed by atoms with Crippen molar-refractivity contribution in [2.45, 2.75) is 32.1 Å². The van der Waals surface area contributed by atoms with E-state index in [9.17, 15) is 9.18 Å². The molecule has 0 saturated heterocycles. The fourth-order valence-electron chi connectivity index (χ4n) is 1.52. The molecule has 1 atom stereocenters. The van der Waals surface area contributed by atoms with Crippen molar-refractivity contribution < 1.29 is 9.18 Å². The highest BCUT2D eigenvalue weighted by molar-refractivity contribution is 5.82. The molecule has 1 nitrogen and oxygen atoms in total. The molecule has 2 heteroatoms. The molecular formula is C8H13FO. The Labute approximate surface area is 60.6 Å². The molecule has 0 amide bonds. The third-order valence-corrected chi connectivity index (χ3v) is 2.12. The molecule has 0 N–H and O–H groups in total. The van der Waals surface area contributed by atoms with Crippen LogP contribution in [0.25, 0.3) is 0 Å². The van der Waals surface area contributed by atoms with E-state index >= 15 is 0 Å². The Morgan fingerprint density at radius 2 is 2.40 bits per heavy atom. The van der Waals surface area contributed by atoms with Gasteiger partial charge < -0.3 is 0 Å². The number of hydrogen-bond acceptors (Lipinski definition) is 1. The van der Waals surface area contributed by atoms with Crippen molar-refractivity contribution in [3.63, 3.8) is 0 Å². The van der Waals surface area contributed by atoms with Crippen molar-refractivity contribution in [3.8, 4) is 0 Å². The quantitative estimate of drug-likeness (QED) is 0.592. The number of hydrogen-bond donors (Lipinski definition) is 0. The van der Waals surface area contributed by atoms with Gasteiger partial charge in [0.25, 0.3) is 0 Å². The highest BCUT2D eigenvalue weighted by atomic mass is 19.1. The van der Waals surface area contributed by atoms with Crippen molar-refractivity contribution >= 4 is 5.78 Å². The summed E-state index contributed by atoms with van der Waals surface area (Å²) >= 11 is 0. The molecule has 0 aliphatic heterocycles.